The van der Waals surface area contributed by atoms with Crippen LogP contribution in [-0.4, -0.2) is 31.7 Å². The van der Waals surface area contributed by atoms with Gasteiger partial charge in [-0.1, -0.05) is 110 Å². The molecule has 6 rings (SSSR count). The SMILES string of the molecule is CCc1c(-c2cccc3ccccc23)c2c(NC(Cc3ccccc3)C(=O)O)ncnc2n1CCCc1ccccc1. The highest BCUT2D eigenvalue weighted by Crippen LogP contribution is 2.41. The van der Waals surface area contributed by atoms with Crippen molar-refractivity contribution < 1.29 is 9.90 Å². The second kappa shape index (κ2) is 12.3. The fraction of sp³-hybridized carbons (Fsp3) is 0.194. The Labute approximate surface area is 245 Å². The molecule has 6 aromatic rings. The molecule has 0 fully saturated rings. The summed E-state index contributed by atoms with van der Waals surface area (Å²) in [5, 5.41) is 16.7. The van der Waals surface area contributed by atoms with Gasteiger partial charge in [0.25, 0.3) is 0 Å². The molecule has 6 heteroatoms. The maximum atomic E-state index is 12.5. The van der Waals surface area contributed by atoms with Crippen molar-refractivity contribution in [2.24, 2.45) is 0 Å². The number of anilines is 1. The number of carbonyl (C=O) groups is 1. The summed E-state index contributed by atoms with van der Waals surface area (Å²) < 4.78 is 2.31. The van der Waals surface area contributed by atoms with E-state index in [1.807, 2.05) is 36.4 Å². The Bertz CT molecular complexity index is 1830. The molecule has 210 valence electrons. The summed E-state index contributed by atoms with van der Waals surface area (Å²) in [6.45, 7) is 2.97. The summed E-state index contributed by atoms with van der Waals surface area (Å²) >= 11 is 0. The van der Waals surface area contributed by atoms with E-state index in [0.29, 0.717) is 12.2 Å². The standard InChI is InChI=1S/C36H34N4O2/c1-2-31-32(29-21-11-19-27-18-9-10-20-28(27)29)33-34(39-30(36(41)42)23-26-15-7-4-8-16-26)37-24-38-35(33)40(31)22-12-17-25-13-5-3-6-14-25/h3-11,13-16,18-21,24,30H,2,12,17,22-23H2,1H3,(H,41,42)(H,37,38,39). The third kappa shape index (κ3) is 5.48. The number of fused-ring (bicyclic) bond motifs is 2. The minimum Gasteiger partial charge on any atom is -0.480 e. The van der Waals surface area contributed by atoms with Gasteiger partial charge in [-0.3, -0.25) is 0 Å². The van der Waals surface area contributed by atoms with E-state index in [-0.39, 0.29) is 0 Å². The molecular weight excluding hydrogens is 520 g/mol. The number of nitrogens with one attached hydrogen (secondary N) is 1. The molecule has 1 atom stereocenters. The lowest BCUT2D eigenvalue weighted by Gasteiger charge is -2.17. The van der Waals surface area contributed by atoms with Crippen molar-refractivity contribution >= 4 is 33.6 Å². The highest BCUT2D eigenvalue weighted by atomic mass is 16.4. The number of carboxylic acids is 1. The van der Waals surface area contributed by atoms with Crippen LogP contribution in [0.1, 0.15) is 30.2 Å². The van der Waals surface area contributed by atoms with Crippen molar-refractivity contribution in [3.05, 3.63) is 126 Å². The van der Waals surface area contributed by atoms with Crippen LogP contribution in [0.2, 0.25) is 0 Å². The Balaban J connectivity index is 1.50. The van der Waals surface area contributed by atoms with Gasteiger partial charge in [0.15, 0.2) is 0 Å². The minimum absolute atomic E-state index is 0.337. The van der Waals surface area contributed by atoms with Gasteiger partial charge in [0.2, 0.25) is 0 Å². The van der Waals surface area contributed by atoms with Crippen LogP contribution in [0.25, 0.3) is 32.9 Å². The molecule has 2 heterocycles. The van der Waals surface area contributed by atoms with Crippen molar-refractivity contribution in [2.45, 2.75) is 45.2 Å². The van der Waals surface area contributed by atoms with Gasteiger partial charge < -0.3 is 15.0 Å². The number of aliphatic carboxylic acids is 1. The average molecular weight is 555 g/mol. The molecular formula is C36H34N4O2. The molecule has 0 radical (unpaired) electrons. The van der Waals surface area contributed by atoms with E-state index in [1.165, 1.54) is 11.3 Å². The summed E-state index contributed by atoms with van der Waals surface area (Å²) in [5.41, 5.74) is 6.42. The van der Waals surface area contributed by atoms with Crippen LogP contribution >= 0.6 is 0 Å². The van der Waals surface area contributed by atoms with Gasteiger partial charge in [0, 0.05) is 24.2 Å². The van der Waals surface area contributed by atoms with Gasteiger partial charge in [0.1, 0.15) is 23.8 Å². The molecule has 1 unspecified atom stereocenters. The summed E-state index contributed by atoms with van der Waals surface area (Å²) in [5.74, 6) is -0.377. The van der Waals surface area contributed by atoms with Gasteiger partial charge in [-0.15, -0.1) is 0 Å². The average Bonchev–Trinajstić information content (AvgIpc) is 3.35. The molecule has 0 aliphatic carbocycles. The van der Waals surface area contributed by atoms with E-state index in [2.05, 4.69) is 88.5 Å². The van der Waals surface area contributed by atoms with Crippen LogP contribution in [0.15, 0.2) is 109 Å². The number of hydrogen-bond acceptors (Lipinski definition) is 4. The normalized spacial score (nSPS) is 12.0. The molecule has 0 spiro atoms. The van der Waals surface area contributed by atoms with Crippen LogP contribution in [0.5, 0.6) is 0 Å². The van der Waals surface area contributed by atoms with Crippen molar-refractivity contribution in [1.82, 2.24) is 14.5 Å². The molecule has 2 aromatic heterocycles. The van der Waals surface area contributed by atoms with Crippen molar-refractivity contribution in [1.29, 1.82) is 0 Å². The zero-order valence-electron chi connectivity index (χ0n) is 23.7. The zero-order valence-corrected chi connectivity index (χ0v) is 23.7. The quantitative estimate of drug-likeness (QED) is 0.173. The number of hydrogen-bond donors (Lipinski definition) is 2. The van der Waals surface area contributed by atoms with Crippen molar-refractivity contribution in [3.8, 4) is 11.1 Å². The van der Waals surface area contributed by atoms with Gasteiger partial charge >= 0.3 is 5.97 Å². The first-order valence-electron chi connectivity index (χ1n) is 14.6. The molecule has 6 nitrogen and oxygen atoms in total. The predicted octanol–water partition coefficient (Wildman–Crippen LogP) is 7.55. The minimum atomic E-state index is -0.921. The Kier molecular flexibility index (Phi) is 7.95. The van der Waals surface area contributed by atoms with Crippen LogP contribution in [0.4, 0.5) is 5.82 Å². The Morgan fingerprint density at radius 1 is 0.857 bits per heavy atom. The van der Waals surface area contributed by atoms with Gasteiger partial charge in [-0.2, -0.15) is 0 Å². The van der Waals surface area contributed by atoms with Gasteiger partial charge in [-0.05, 0) is 46.7 Å². The lowest BCUT2D eigenvalue weighted by molar-refractivity contribution is -0.137. The number of aromatic nitrogens is 3. The second-order valence-corrected chi connectivity index (χ2v) is 10.6. The maximum Gasteiger partial charge on any atom is 0.326 e. The topological polar surface area (TPSA) is 80.0 Å². The van der Waals surface area contributed by atoms with Crippen LogP contribution in [0, 0.1) is 0 Å². The van der Waals surface area contributed by atoms with Gasteiger partial charge in [0.05, 0.1) is 5.39 Å². The monoisotopic (exact) mass is 554 g/mol. The molecule has 4 aromatic carbocycles. The largest absolute Gasteiger partial charge is 0.480 e. The van der Waals surface area contributed by atoms with E-state index in [4.69, 9.17) is 4.98 Å². The summed E-state index contributed by atoms with van der Waals surface area (Å²) in [7, 11) is 0. The maximum absolute atomic E-state index is 12.5. The molecule has 42 heavy (non-hydrogen) atoms. The number of aryl methyl sites for hydroxylation is 2. The van der Waals surface area contributed by atoms with Gasteiger partial charge in [-0.25, -0.2) is 14.8 Å². The van der Waals surface area contributed by atoms with Crippen molar-refractivity contribution in [3.63, 3.8) is 0 Å². The van der Waals surface area contributed by atoms with E-state index in [0.717, 1.165) is 64.3 Å². The van der Waals surface area contributed by atoms with E-state index in [1.54, 1.807) is 6.33 Å². The molecule has 0 bridgehead atoms. The Morgan fingerprint density at radius 2 is 1.55 bits per heavy atom. The lowest BCUT2D eigenvalue weighted by atomic mass is 9.95. The highest BCUT2D eigenvalue weighted by Gasteiger charge is 2.26. The molecule has 0 amide bonds. The Morgan fingerprint density at radius 3 is 2.29 bits per heavy atom. The lowest BCUT2D eigenvalue weighted by Crippen LogP contribution is -2.32. The summed E-state index contributed by atoms with van der Waals surface area (Å²) in [4.78, 5) is 21.9. The van der Waals surface area contributed by atoms with Crippen LogP contribution in [0.3, 0.4) is 0 Å². The molecule has 0 saturated carbocycles. The molecule has 2 N–H and O–H groups in total. The first-order valence-corrected chi connectivity index (χ1v) is 14.6. The number of rotatable bonds is 11. The zero-order chi connectivity index (χ0) is 28.9. The number of benzene rings is 4. The number of nitrogens with zero attached hydrogens (tertiary/aromatic N) is 3. The fourth-order valence-corrected chi connectivity index (χ4v) is 5.97. The highest BCUT2D eigenvalue weighted by molar-refractivity contribution is 6.09. The number of carboxylic acid groups (broad SMARTS) is 1. The summed E-state index contributed by atoms with van der Waals surface area (Å²) in [6, 6.07) is 34.1. The first kappa shape index (κ1) is 27.2. The van der Waals surface area contributed by atoms with Crippen LogP contribution in [-0.2, 0) is 30.6 Å². The van der Waals surface area contributed by atoms with Crippen LogP contribution < -0.4 is 5.32 Å². The third-order valence-electron chi connectivity index (χ3n) is 7.92. The third-order valence-corrected chi connectivity index (χ3v) is 7.92. The molecule has 0 aliphatic rings. The Hall–Kier alpha value is -4.97. The van der Waals surface area contributed by atoms with Crippen molar-refractivity contribution in [2.75, 3.05) is 5.32 Å². The molecule has 0 aliphatic heterocycles. The smallest absolute Gasteiger partial charge is 0.326 e. The summed E-state index contributed by atoms with van der Waals surface area (Å²) in [6.07, 6.45) is 4.60. The first-order chi connectivity index (χ1) is 20.6. The predicted molar refractivity (Wildman–Crippen MR) is 170 cm³/mol. The second-order valence-electron chi connectivity index (χ2n) is 10.6. The molecule has 0 saturated heterocycles. The van der Waals surface area contributed by atoms with E-state index >= 15 is 0 Å². The van der Waals surface area contributed by atoms with E-state index in [9.17, 15) is 9.90 Å². The van der Waals surface area contributed by atoms with E-state index < -0.39 is 12.0 Å². The fourth-order valence-electron chi connectivity index (χ4n) is 5.97.